The molecule has 2 fully saturated rings. The summed E-state index contributed by atoms with van der Waals surface area (Å²) >= 11 is 1.51. The van der Waals surface area contributed by atoms with Gasteiger partial charge < -0.3 is 10.0 Å². The van der Waals surface area contributed by atoms with Crippen molar-refractivity contribution in [2.75, 3.05) is 13.1 Å². The summed E-state index contributed by atoms with van der Waals surface area (Å²) < 4.78 is 0. The molecule has 0 spiro atoms. The monoisotopic (exact) mass is 293 g/mol. The lowest BCUT2D eigenvalue weighted by molar-refractivity contribution is -0.149. The molecule has 1 N–H and O–H groups in total. The molecule has 1 saturated carbocycles. The van der Waals surface area contributed by atoms with Gasteiger partial charge in [-0.2, -0.15) is 0 Å². The van der Waals surface area contributed by atoms with Crippen LogP contribution < -0.4 is 0 Å². The van der Waals surface area contributed by atoms with Crippen molar-refractivity contribution >= 4 is 23.2 Å². The summed E-state index contributed by atoms with van der Waals surface area (Å²) in [7, 11) is 0. The van der Waals surface area contributed by atoms with Gasteiger partial charge in [0, 0.05) is 18.0 Å². The van der Waals surface area contributed by atoms with Crippen LogP contribution in [0.25, 0.3) is 0 Å². The number of thiophene rings is 1. The van der Waals surface area contributed by atoms with Crippen LogP contribution in [0.2, 0.25) is 0 Å². The summed E-state index contributed by atoms with van der Waals surface area (Å²) in [6.07, 6.45) is 2.61. The van der Waals surface area contributed by atoms with Crippen molar-refractivity contribution in [3.8, 4) is 0 Å². The molecule has 1 amide bonds. The van der Waals surface area contributed by atoms with Gasteiger partial charge in [-0.3, -0.25) is 9.59 Å². The number of nitrogens with zero attached hydrogens (tertiary/aromatic N) is 1. The van der Waals surface area contributed by atoms with Gasteiger partial charge in [0.2, 0.25) is 0 Å². The first kappa shape index (κ1) is 13.6. The Balaban J connectivity index is 1.83. The number of likely N-dealkylation sites (tertiary alicyclic amines) is 1. The van der Waals surface area contributed by atoms with E-state index in [2.05, 4.69) is 0 Å². The quantitative estimate of drug-likeness (QED) is 0.912. The van der Waals surface area contributed by atoms with Crippen molar-refractivity contribution in [3.63, 3.8) is 0 Å². The van der Waals surface area contributed by atoms with Crippen LogP contribution >= 0.6 is 11.3 Å². The molecule has 2 aliphatic rings. The van der Waals surface area contributed by atoms with Crippen LogP contribution in [0, 0.1) is 25.2 Å². The van der Waals surface area contributed by atoms with Gasteiger partial charge >= 0.3 is 5.97 Å². The Bertz CT molecular complexity index is 560. The van der Waals surface area contributed by atoms with E-state index in [1.54, 1.807) is 4.90 Å². The van der Waals surface area contributed by atoms with Crippen molar-refractivity contribution in [2.45, 2.75) is 33.1 Å². The molecule has 3 rings (SSSR count). The van der Waals surface area contributed by atoms with E-state index in [0.29, 0.717) is 19.5 Å². The fourth-order valence-corrected chi connectivity index (χ4v) is 4.63. The van der Waals surface area contributed by atoms with E-state index in [4.69, 9.17) is 0 Å². The number of hydrogen-bond acceptors (Lipinski definition) is 3. The summed E-state index contributed by atoms with van der Waals surface area (Å²) in [5.41, 5.74) is 0.447. The number of fused-ring (bicyclic) bond motifs is 1. The number of carboxylic acid groups (broad SMARTS) is 1. The van der Waals surface area contributed by atoms with Crippen LogP contribution in [0.3, 0.4) is 0 Å². The van der Waals surface area contributed by atoms with Crippen LogP contribution in [0.5, 0.6) is 0 Å². The fraction of sp³-hybridized carbons (Fsp3) is 0.600. The molecular weight excluding hydrogens is 274 g/mol. The van der Waals surface area contributed by atoms with Crippen LogP contribution in [-0.2, 0) is 4.79 Å². The maximum absolute atomic E-state index is 12.6. The molecule has 5 heteroatoms. The van der Waals surface area contributed by atoms with Gasteiger partial charge in [-0.25, -0.2) is 0 Å². The third-order valence-electron chi connectivity index (χ3n) is 4.96. The predicted molar refractivity (Wildman–Crippen MR) is 77.1 cm³/mol. The van der Waals surface area contributed by atoms with E-state index < -0.39 is 11.4 Å². The van der Waals surface area contributed by atoms with Crippen LogP contribution in [0.15, 0.2) is 6.07 Å². The zero-order chi connectivity index (χ0) is 14.5. The molecule has 1 aromatic heterocycles. The summed E-state index contributed by atoms with van der Waals surface area (Å²) in [5, 5.41) is 9.56. The van der Waals surface area contributed by atoms with Crippen molar-refractivity contribution in [1.82, 2.24) is 4.90 Å². The second kappa shape index (κ2) is 4.58. The largest absolute Gasteiger partial charge is 0.481 e. The maximum Gasteiger partial charge on any atom is 0.311 e. The zero-order valence-corrected chi connectivity index (χ0v) is 12.6. The molecule has 2 heterocycles. The molecule has 4 nitrogen and oxygen atoms in total. The highest BCUT2D eigenvalue weighted by Crippen LogP contribution is 2.49. The van der Waals surface area contributed by atoms with E-state index in [-0.39, 0.29) is 11.8 Å². The maximum atomic E-state index is 12.6. The second-order valence-electron chi connectivity index (χ2n) is 6.09. The first-order valence-electron chi connectivity index (χ1n) is 7.04. The highest BCUT2D eigenvalue weighted by molar-refractivity contribution is 7.14. The van der Waals surface area contributed by atoms with Gasteiger partial charge in [0.15, 0.2) is 0 Å². The van der Waals surface area contributed by atoms with Gasteiger partial charge in [-0.1, -0.05) is 6.42 Å². The van der Waals surface area contributed by atoms with Crippen LogP contribution in [0.4, 0.5) is 0 Å². The minimum atomic E-state index is -0.728. The first-order chi connectivity index (χ1) is 9.44. The second-order valence-corrected chi connectivity index (χ2v) is 7.34. The molecule has 1 aliphatic carbocycles. The van der Waals surface area contributed by atoms with E-state index in [0.717, 1.165) is 28.2 Å². The third kappa shape index (κ3) is 1.87. The van der Waals surface area contributed by atoms with E-state index in [1.165, 1.54) is 11.3 Å². The smallest absolute Gasteiger partial charge is 0.311 e. The highest BCUT2D eigenvalue weighted by Gasteiger charge is 2.55. The van der Waals surface area contributed by atoms with Gasteiger partial charge in [-0.05, 0) is 44.2 Å². The van der Waals surface area contributed by atoms with Gasteiger partial charge in [0.1, 0.15) is 0 Å². The molecule has 20 heavy (non-hydrogen) atoms. The van der Waals surface area contributed by atoms with Crippen molar-refractivity contribution < 1.29 is 14.7 Å². The highest BCUT2D eigenvalue weighted by atomic mass is 32.1. The number of carbonyl (C=O) groups is 2. The topological polar surface area (TPSA) is 57.6 Å². The predicted octanol–water partition coefficient (Wildman–Crippen LogP) is 2.69. The summed E-state index contributed by atoms with van der Waals surface area (Å²) in [5.74, 6) is -0.596. The Labute approximate surface area is 122 Å². The van der Waals surface area contributed by atoms with Gasteiger partial charge in [-0.15, -0.1) is 11.3 Å². The number of aliphatic carboxylic acids is 1. The van der Waals surface area contributed by atoms with E-state index in [9.17, 15) is 14.7 Å². The minimum Gasteiger partial charge on any atom is -0.481 e. The minimum absolute atomic E-state index is 0.00113. The van der Waals surface area contributed by atoms with Crippen molar-refractivity contribution in [2.24, 2.45) is 11.3 Å². The molecule has 1 saturated heterocycles. The SMILES string of the molecule is Cc1cc(C(=O)N2C[C@@H]3CCC[C@@]3(C(=O)O)C2)sc1C. The molecule has 0 bridgehead atoms. The lowest BCUT2D eigenvalue weighted by atomic mass is 9.81. The average molecular weight is 293 g/mol. The van der Waals surface area contributed by atoms with E-state index in [1.807, 2.05) is 19.9 Å². The number of aryl methyl sites for hydroxylation is 2. The number of rotatable bonds is 2. The summed E-state index contributed by atoms with van der Waals surface area (Å²) in [6, 6.07) is 1.92. The molecule has 1 aliphatic heterocycles. The Morgan fingerprint density at radius 2 is 2.20 bits per heavy atom. The standard InChI is InChI=1S/C15H19NO3S/c1-9-6-12(20-10(9)2)13(17)16-7-11-4-3-5-15(11,8-16)14(18)19/h6,11H,3-5,7-8H2,1-2H3,(H,18,19)/t11-,15+/m0/s1. The Morgan fingerprint density at radius 3 is 2.75 bits per heavy atom. The third-order valence-corrected chi connectivity index (χ3v) is 6.10. The Hall–Kier alpha value is -1.36. The number of hydrogen-bond donors (Lipinski definition) is 1. The van der Waals surface area contributed by atoms with E-state index >= 15 is 0 Å². The summed E-state index contributed by atoms with van der Waals surface area (Å²) in [4.78, 5) is 27.8. The van der Waals surface area contributed by atoms with Crippen molar-refractivity contribution in [3.05, 3.63) is 21.4 Å². The Kier molecular flexibility index (Phi) is 3.12. The van der Waals surface area contributed by atoms with Crippen LogP contribution in [-0.4, -0.2) is 35.0 Å². The lowest BCUT2D eigenvalue weighted by Crippen LogP contribution is -2.37. The average Bonchev–Trinajstić information content (AvgIpc) is 3.01. The molecule has 1 aromatic rings. The normalized spacial score (nSPS) is 28.7. The summed E-state index contributed by atoms with van der Waals surface area (Å²) in [6.45, 7) is 4.98. The number of carbonyl (C=O) groups excluding carboxylic acids is 1. The zero-order valence-electron chi connectivity index (χ0n) is 11.8. The molecular formula is C15H19NO3S. The molecule has 0 radical (unpaired) electrons. The number of amides is 1. The first-order valence-corrected chi connectivity index (χ1v) is 7.85. The molecule has 0 unspecified atom stereocenters. The lowest BCUT2D eigenvalue weighted by Gasteiger charge is -2.23. The van der Waals surface area contributed by atoms with Crippen LogP contribution in [0.1, 0.15) is 39.4 Å². The molecule has 2 atom stereocenters. The van der Waals surface area contributed by atoms with Crippen molar-refractivity contribution in [1.29, 1.82) is 0 Å². The number of carboxylic acids is 1. The Morgan fingerprint density at radius 1 is 1.45 bits per heavy atom. The van der Waals surface area contributed by atoms with Gasteiger partial charge in [0.05, 0.1) is 10.3 Å². The van der Waals surface area contributed by atoms with Gasteiger partial charge in [0.25, 0.3) is 5.91 Å². The fourth-order valence-electron chi connectivity index (χ4n) is 3.63. The molecule has 0 aromatic carbocycles. The molecule has 108 valence electrons.